The van der Waals surface area contributed by atoms with E-state index in [1.165, 1.54) is 0 Å². The monoisotopic (exact) mass is 341 g/mol. The normalized spacial score (nSPS) is 11.4. The Labute approximate surface area is 148 Å². The highest BCUT2D eigenvalue weighted by molar-refractivity contribution is 6.08. The van der Waals surface area contributed by atoms with Gasteiger partial charge in [0.25, 0.3) is 0 Å². The summed E-state index contributed by atoms with van der Waals surface area (Å²) in [6, 6.07) is 12.0. The Bertz CT molecular complexity index is 1210. The molecule has 5 aromatic rings. The first-order valence-electron chi connectivity index (χ1n) is 8.23. The third kappa shape index (κ3) is 2.37. The number of hydrogen-bond acceptors (Lipinski definition) is 5. The second-order valence-corrected chi connectivity index (χ2v) is 6.13. The summed E-state index contributed by atoms with van der Waals surface area (Å²) in [7, 11) is 0. The van der Waals surface area contributed by atoms with Crippen LogP contribution in [0.1, 0.15) is 5.56 Å². The van der Waals surface area contributed by atoms with Gasteiger partial charge in [0.1, 0.15) is 5.52 Å². The van der Waals surface area contributed by atoms with E-state index in [0.29, 0.717) is 12.4 Å². The van der Waals surface area contributed by atoms with Gasteiger partial charge in [-0.2, -0.15) is 10.2 Å². The van der Waals surface area contributed by atoms with Gasteiger partial charge in [-0.1, -0.05) is 12.1 Å². The minimum atomic E-state index is 0.431. The lowest BCUT2D eigenvalue weighted by Crippen LogP contribution is -2.00. The van der Waals surface area contributed by atoms with E-state index in [-0.39, 0.29) is 0 Å². The molecule has 3 N–H and O–H groups in total. The molecule has 0 spiro atoms. The van der Waals surface area contributed by atoms with Crippen LogP contribution in [0.4, 0.5) is 5.82 Å². The molecule has 0 atom stereocenters. The highest BCUT2D eigenvalue weighted by atomic mass is 15.3. The number of rotatable bonds is 3. The van der Waals surface area contributed by atoms with Gasteiger partial charge in [0.2, 0.25) is 0 Å². The second kappa shape index (κ2) is 5.66. The molecule has 0 aliphatic heterocycles. The van der Waals surface area contributed by atoms with Gasteiger partial charge >= 0.3 is 0 Å². The van der Waals surface area contributed by atoms with Gasteiger partial charge < -0.3 is 5.73 Å². The van der Waals surface area contributed by atoms with Crippen molar-refractivity contribution in [2.75, 3.05) is 5.73 Å². The van der Waals surface area contributed by atoms with Crippen LogP contribution in [-0.2, 0) is 6.54 Å². The van der Waals surface area contributed by atoms with Crippen molar-refractivity contribution in [1.29, 1.82) is 0 Å². The molecule has 0 aliphatic rings. The Morgan fingerprint density at radius 2 is 1.92 bits per heavy atom. The smallest absolute Gasteiger partial charge is 0.152 e. The van der Waals surface area contributed by atoms with E-state index in [1.54, 1.807) is 18.6 Å². The largest absolute Gasteiger partial charge is 0.382 e. The lowest BCUT2D eigenvalue weighted by atomic mass is 10.1. The molecule has 0 fully saturated rings. The summed E-state index contributed by atoms with van der Waals surface area (Å²) in [5.41, 5.74) is 10.7. The van der Waals surface area contributed by atoms with E-state index in [9.17, 15) is 0 Å². The molecule has 0 bridgehead atoms. The topological polar surface area (TPSA) is 98.3 Å². The quantitative estimate of drug-likeness (QED) is 0.526. The van der Waals surface area contributed by atoms with Gasteiger partial charge in [0, 0.05) is 41.1 Å². The first-order valence-corrected chi connectivity index (χ1v) is 8.23. The molecular weight excluding hydrogens is 326 g/mol. The molecule has 0 radical (unpaired) electrons. The Kier molecular flexibility index (Phi) is 3.18. The molecule has 5 rings (SSSR count). The maximum absolute atomic E-state index is 6.18. The van der Waals surface area contributed by atoms with Gasteiger partial charge in [-0.15, -0.1) is 0 Å². The molecule has 0 saturated heterocycles. The van der Waals surface area contributed by atoms with E-state index in [4.69, 9.17) is 5.73 Å². The van der Waals surface area contributed by atoms with Crippen LogP contribution in [0.25, 0.3) is 33.1 Å². The predicted molar refractivity (Wildman–Crippen MR) is 100 cm³/mol. The fraction of sp³-hybridized carbons (Fsp3) is 0.0526. The SMILES string of the molecule is Nc1nc2cc(-c3cc[nH]n3)ccc2c2cn(Cc3ccncc3)nc12. The first kappa shape index (κ1) is 14.6. The molecule has 0 aliphatic carbocycles. The zero-order valence-corrected chi connectivity index (χ0v) is 13.8. The van der Waals surface area contributed by atoms with Gasteiger partial charge in [-0.3, -0.25) is 14.8 Å². The summed E-state index contributed by atoms with van der Waals surface area (Å²) in [5, 5.41) is 13.7. The Morgan fingerprint density at radius 1 is 1.04 bits per heavy atom. The van der Waals surface area contributed by atoms with Crippen LogP contribution in [0.2, 0.25) is 0 Å². The zero-order valence-electron chi connectivity index (χ0n) is 13.8. The van der Waals surface area contributed by atoms with Crippen molar-refractivity contribution in [2.24, 2.45) is 0 Å². The molecule has 4 heterocycles. The van der Waals surface area contributed by atoms with Crippen molar-refractivity contribution in [3.63, 3.8) is 0 Å². The first-order chi connectivity index (χ1) is 12.8. The van der Waals surface area contributed by atoms with Crippen LogP contribution in [0.3, 0.4) is 0 Å². The number of H-pyrrole nitrogens is 1. The van der Waals surface area contributed by atoms with Gasteiger partial charge in [0.15, 0.2) is 5.82 Å². The van der Waals surface area contributed by atoms with E-state index in [1.807, 2.05) is 47.3 Å². The fourth-order valence-corrected chi connectivity index (χ4v) is 3.18. The number of aromatic nitrogens is 6. The Balaban J connectivity index is 1.65. The van der Waals surface area contributed by atoms with Crippen molar-refractivity contribution >= 4 is 27.6 Å². The number of benzene rings is 1. The van der Waals surface area contributed by atoms with Crippen LogP contribution >= 0.6 is 0 Å². The number of anilines is 1. The number of nitrogens with zero attached hydrogens (tertiary/aromatic N) is 5. The molecule has 7 nitrogen and oxygen atoms in total. The summed E-state index contributed by atoms with van der Waals surface area (Å²) < 4.78 is 1.89. The molecule has 1 aromatic carbocycles. The zero-order chi connectivity index (χ0) is 17.5. The molecule has 0 saturated carbocycles. The average molecular weight is 341 g/mol. The summed E-state index contributed by atoms with van der Waals surface area (Å²) >= 11 is 0. The molecule has 126 valence electrons. The van der Waals surface area contributed by atoms with E-state index >= 15 is 0 Å². The average Bonchev–Trinajstić information content (AvgIpc) is 3.32. The lowest BCUT2D eigenvalue weighted by molar-refractivity contribution is 0.695. The lowest BCUT2D eigenvalue weighted by Gasteiger charge is -2.03. The van der Waals surface area contributed by atoms with Crippen LogP contribution in [0.5, 0.6) is 0 Å². The van der Waals surface area contributed by atoms with Crippen LogP contribution < -0.4 is 5.73 Å². The Hall–Kier alpha value is -3.74. The summed E-state index contributed by atoms with van der Waals surface area (Å²) in [5.74, 6) is 0.431. The van der Waals surface area contributed by atoms with Crippen molar-refractivity contribution in [2.45, 2.75) is 6.54 Å². The molecule has 0 unspecified atom stereocenters. The Morgan fingerprint density at radius 3 is 2.73 bits per heavy atom. The number of nitrogens with one attached hydrogen (secondary N) is 1. The van der Waals surface area contributed by atoms with E-state index in [2.05, 4.69) is 25.3 Å². The van der Waals surface area contributed by atoms with Crippen molar-refractivity contribution in [1.82, 2.24) is 29.9 Å². The van der Waals surface area contributed by atoms with Crippen molar-refractivity contribution in [3.05, 3.63) is 66.7 Å². The van der Waals surface area contributed by atoms with E-state index in [0.717, 1.165) is 38.6 Å². The minimum Gasteiger partial charge on any atom is -0.382 e. The molecular formula is C19H15N7. The predicted octanol–water partition coefficient (Wildman–Crippen LogP) is 3.00. The summed E-state index contributed by atoms with van der Waals surface area (Å²) in [6.07, 6.45) is 7.37. The number of nitrogen functional groups attached to an aromatic ring is 1. The third-order valence-corrected chi connectivity index (χ3v) is 4.42. The number of nitrogens with two attached hydrogens (primary N) is 1. The third-order valence-electron chi connectivity index (χ3n) is 4.42. The van der Waals surface area contributed by atoms with Crippen LogP contribution in [-0.4, -0.2) is 29.9 Å². The minimum absolute atomic E-state index is 0.431. The second-order valence-electron chi connectivity index (χ2n) is 6.13. The van der Waals surface area contributed by atoms with E-state index < -0.39 is 0 Å². The molecule has 7 heteroatoms. The van der Waals surface area contributed by atoms with Crippen molar-refractivity contribution in [3.8, 4) is 11.3 Å². The number of fused-ring (bicyclic) bond motifs is 3. The molecule has 0 amide bonds. The molecule has 4 aromatic heterocycles. The summed E-state index contributed by atoms with van der Waals surface area (Å²) in [6.45, 7) is 0.656. The number of aromatic amines is 1. The maximum atomic E-state index is 6.18. The summed E-state index contributed by atoms with van der Waals surface area (Å²) in [4.78, 5) is 8.60. The highest BCUT2D eigenvalue weighted by Gasteiger charge is 2.12. The van der Waals surface area contributed by atoms with Crippen LogP contribution in [0.15, 0.2) is 61.2 Å². The van der Waals surface area contributed by atoms with Gasteiger partial charge in [-0.25, -0.2) is 4.98 Å². The van der Waals surface area contributed by atoms with Crippen molar-refractivity contribution < 1.29 is 0 Å². The highest BCUT2D eigenvalue weighted by Crippen LogP contribution is 2.30. The van der Waals surface area contributed by atoms with Gasteiger partial charge in [-0.05, 0) is 29.8 Å². The number of hydrogen-bond donors (Lipinski definition) is 2. The standard InChI is InChI=1S/C19H15N7/c20-19-18-15(11-26(25-18)10-12-3-6-21-7-4-12)14-2-1-13(9-17(14)23-19)16-5-8-22-24-16/h1-9,11H,10H2,(H2,20,23)(H,22,24). The van der Waals surface area contributed by atoms with Crippen LogP contribution in [0, 0.1) is 0 Å². The number of pyridine rings is 2. The van der Waals surface area contributed by atoms with Gasteiger partial charge in [0.05, 0.1) is 17.8 Å². The fourth-order valence-electron chi connectivity index (χ4n) is 3.18. The molecule has 26 heavy (non-hydrogen) atoms. The maximum Gasteiger partial charge on any atom is 0.152 e.